The molecule has 2 rings (SSSR count). The predicted molar refractivity (Wildman–Crippen MR) is 54.1 cm³/mol. The number of nitrogens with one attached hydrogen (secondary N) is 1. The first-order chi connectivity index (χ1) is 6.78. The van der Waals surface area contributed by atoms with Crippen LogP contribution in [0.3, 0.4) is 0 Å². The number of β-amino-alcohol motifs (C(OH)–C–C–N with tert-alkyl or cyclic N) is 1. The predicted octanol–water partition coefficient (Wildman–Crippen LogP) is -0.834. The molecule has 2 bridgehead atoms. The van der Waals surface area contributed by atoms with Crippen LogP contribution in [0.2, 0.25) is 0 Å². The average molecular weight is 200 g/mol. The van der Waals surface area contributed by atoms with Crippen molar-refractivity contribution in [1.82, 2.24) is 10.2 Å². The van der Waals surface area contributed by atoms with Crippen molar-refractivity contribution in [2.24, 2.45) is 0 Å². The third-order valence-corrected chi connectivity index (χ3v) is 3.29. The van der Waals surface area contributed by atoms with Crippen LogP contribution >= 0.6 is 0 Å². The maximum atomic E-state index is 9.36. The fraction of sp³-hybridized carbons (Fsp3) is 1.00. The van der Waals surface area contributed by atoms with Gasteiger partial charge in [-0.05, 0) is 25.8 Å². The van der Waals surface area contributed by atoms with Crippen LogP contribution in [0.4, 0.5) is 0 Å². The molecule has 0 saturated carbocycles. The molecule has 0 amide bonds. The normalized spacial score (nSPS) is 35.6. The maximum Gasteiger partial charge on any atom is 0.0897 e. The van der Waals surface area contributed by atoms with Crippen LogP contribution in [0.5, 0.6) is 0 Å². The zero-order valence-electron chi connectivity index (χ0n) is 8.52. The molecule has 4 heteroatoms. The highest BCUT2D eigenvalue weighted by atomic mass is 16.3. The SMILES string of the molecule is OCC(O)CN1CCC2CCC(C1)N2. The Bertz CT molecular complexity index is 189. The minimum Gasteiger partial charge on any atom is -0.394 e. The van der Waals surface area contributed by atoms with Gasteiger partial charge in [0.1, 0.15) is 0 Å². The minimum absolute atomic E-state index is 0.127. The van der Waals surface area contributed by atoms with Crippen molar-refractivity contribution < 1.29 is 10.2 Å². The molecule has 2 heterocycles. The van der Waals surface area contributed by atoms with Gasteiger partial charge >= 0.3 is 0 Å². The molecule has 14 heavy (non-hydrogen) atoms. The molecule has 3 atom stereocenters. The number of likely N-dealkylation sites (tertiary alicyclic amines) is 1. The Hall–Kier alpha value is -0.160. The van der Waals surface area contributed by atoms with E-state index in [1.54, 1.807) is 0 Å². The molecule has 82 valence electrons. The summed E-state index contributed by atoms with van der Waals surface area (Å²) in [5.74, 6) is 0. The number of rotatable bonds is 3. The molecule has 2 fully saturated rings. The first-order valence-electron chi connectivity index (χ1n) is 5.55. The summed E-state index contributed by atoms with van der Waals surface area (Å²) in [5.41, 5.74) is 0. The highest BCUT2D eigenvalue weighted by molar-refractivity contribution is 4.89. The second-order valence-electron chi connectivity index (χ2n) is 4.52. The fourth-order valence-electron chi connectivity index (χ4n) is 2.54. The number of hydrogen-bond acceptors (Lipinski definition) is 4. The Morgan fingerprint density at radius 1 is 1.29 bits per heavy atom. The molecule has 0 aliphatic carbocycles. The van der Waals surface area contributed by atoms with Gasteiger partial charge in [0.05, 0.1) is 12.7 Å². The van der Waals surface area contributed by atoms with Gasteiger partial charge in [-0.1, -0.05) is 0 Å². The molecule has 2 aliphatic rings. The van der Waals surface area contributed by atoms with Crippen LogP contribution in [-0.2, 0) is 0 Å². The summed E-state index contributed by atoms with van der Waals surface area (Å²) in [4.78, 5) is 2.26. The Balaban J connectivity index is 1.82. The van der Waals surface area contributed by atoms with Gasteiger partial charge in [-0.25, -0.2) is 0 Å². The van der Waals surface area contributed by atoms with E-state index in [4.69, 9.17) is 5.11 Å². The summed E-state index contributed by atoms with van der Waals surface area (Å²) >= 11 is 0. The van der Waals surface area contributed by atoms with Crippen LogP contribution in [0.1, 0.15) is 19.3 Å². The monoisotopic (exact) mass is 200 g/mol. The van der Waals surface area contributed by atoms with E-state index < -0.39 is 6.10 Å². The van der Waals surface area contributed by atoms with Crippen LogP contribution in [0, 0.1) is 0 Å². The number of hydrogen-bond donors (Lipinski definition) is 3. The highest BCUT2D eigenvalue weighted by Crippen LogP contribution is 2.20. The highest BCUT2D eigenvalue weighted by Gasteiger charge is 2.29. The Morgan fingerprint density at radius 2 is 2.07 bits per heavy atom. The molecule has 0 aromatic heterocycles. The number of aliphatic hydroxyl groups excluding tert-OH is 2. The van der Waals surface area contributed by atoms with Crippen LogP contribution in [0.15, 0.2) is 0 Å². The summed E-state index contributed by atoms with van der Waals surface area (Å²) in [7, 11) is 0. The summed E-state index contributed by atoms with van der Waals surface area (Å²) < 4.78 is 0. The number of aliphatic hydroxyl groups is 2. The van der Waals surface area contributed by atoms with Gasteiger partial charge in [0, 0.05) is 25.2 Å². The van der Waals surface area contributed by atoms with Gasteiger partial charge < -0.3 is 15.5 Å². The second kappa shape index (κ2) is 4.57. The number of nitrogens with zero attached hydrogens (tertiary/aromatic N) is 1. The lowest BCUT2D eigenvalue weighted by Gasteiger charge is -2.25. The second-order valence-corrected chi connectivity index (χ2v) is 4.52. The van der Waals surface area contributed by atoms with Gasteiger partial charge in [-0.15, -0.1) is 0 Å². The molecule has 0 radical (unpaired) electrons. The van der Waals surface area contributed by atoms with Gasteiger partial charge in [-0.3, -0.25) is 4.90 Å². The molecule has 2 saturated heterocycles. The van der Waals surface area contributed by atoms with Gasteiger partial charge in [0.15, 0.2) is 0 Å². The van der Waals surface area contributed by atoms with Crippen molar-refractivity contribution in [3.63, 3.8) is 0 Å². The van der Waals surface area contributed by atoms with E-state index in [-0.39, 0.29) is 6.61 Å². The van der Waals surface area contributed by atoms with Crippen LogP contribution in [0.25, 0.3) is 0 Å². The molecule has 0 aromatic carbocycles. The van der Waals surface area contributed by atoms with Gasteiger partial charge in [-0.2, -0.15) is 0 Å². The zero-order chi connectivity index (χ0) is 9.97. The number of fused-ring (bicyclic) bond motifs is 2. The summed E-state index contributed by atoms with van der Waals surface area (Å²) in [5, 5.41) is 21.7. The van der Waals surface area contributed by atoms with Gasteiger partial charge in [0.25, 0.3) is 0 Å². The van der Waals surface area contributed by atoms with Crippen molar-refractivity contribution >= 4 is 0 Å². The van der Waals surface area contributed by atoms with Crippen molar-refractivity contribution in [3.8, 4) is 0 Å². The lowest BCUT2D eigenvalue weighted by molar-refractivity contribution is 0.0578. The first kappa shape index (κ1) is 10.4. The summed E-state index contributed by atoms with van der Waals surface area (Å²) in [6.07, 6.45) is 3.16. The quantitative estimate of drug-likeness (QED) is 0.556. The molecular formula is C10H20N2O2. The molecule has 2 aliphatic heterocycles. The molecule has 0 spiro atoms. The lowest BCUT2D eigenvalue weighted by atomic mass is 10.1. The van der Waals surface area contributed by atoms with Crippen molar-refractivity contribution in [2.45, 2.75) is 37.5 Å². The third-order valence-electron chi connectivity index (χ3n) is 3.29. The summed E-state index contributed by atoms with van der Waals surface area (Å²) in [6.45, 7) is 2.55. The van der Waals surface area contributed by atoms with Crippen LogP contribution < -0.4 is 5.32 Å². The van der Waals surface area contributed by atoms with E-state index in [0.29, 0.717) is 18.6 Å². The Kier molecular flexibility index (Phi) is 3.38. The largest absolute Gasteiger partial charge is 0.394 e. The van der Waals surface area contributed by atoms with E-state index in [9.17, 15) is 5.11 Å². The topological polar surface area (TPSA) is 55.7 Å². The third kappa shape index (κ3) is 2.45. The van der Waals surface area contributed by atoms with Crippen molar-refractivity contribution in [3.05, 3.63) is 0 Å². The summed E-state index contributed by atoms with van der Waals surface area (Å²) in [6, 6.07) is 1.30. The molecule has 3 unspecified atom stereocenters. The van der Waals surface area contributed by atoms with Crippen molar-refractivity contribution in [2.75, 3.05) is 26.2 Å². The minimum atomic E-state index is -0.577. The van der Waals surface area contributed by atoms with E-state index in [1.165, 1.54) is 19.3 Å². The van der Waals surface area contributed by atoms with E-state index in [2.05, 4.69) is 10.2 Å². The smallest absolute Gasteiger partial charge is 0.0897 e. The molecule has 0 aromatic rings. The standard InChI is InChI=1S/C10H20N2O2/c13-7-10(14)6-12-4-3-8-1-2-9(5-12)11-8/h8-11,13-14H,1-7H2. The lowest BCUT2D eigenvalue weighted by Crippen LogP contribution is -2.40. The van der Waals surface area contributed by atoms with Gasteiger partial charge in [0.2, 0.25) is 0 Å². The molecule has 3 N–H and O–H groups in total. The van der Waals surface area contributed by atoms with Crippen LogP contribution in [-0.4, -0.2) is 59.5 Å². The van der Waals surface area contributed by atoms with E-state index >= 15 is 0 Å². The molecule has 4 nitrogen and oxygen atoms in total. The Labute approximate surface area is 84.9 Å². The zero-order valence-corrected chi connectivity index (χ0v) is 8.52. The Morgan fingerprint density at radius 3 is 2.86 bits per heavy atom. The molecular weight excluding hydrogens is 180 g/mol. The van der Waals surface area contributed by atoms with Crippen molar-refractivity contribution in [1.29, 1.82) is 0 Å². The van der Waals surface area contributed by atoms with E-state index in [0.717, 1.165) is 13.1 Å². The first-order valence-corrected chi connectivity index (χ1v) is 5.55. The van der Waals surface area contributed by atoms with E-state index in [1.807, 2.05) is 0 Å². The maximum absolute atomic E-state index is 9.36. The fourth-order valence-corrected chi connectivity index (χ4v) is 2.54. The average Bonchev–Trinajstić information content (AvgIpc) is 2.50.